The number of anilines is 1. The number of piperazine rings is 1. The number of carboxylic acids is 1. The maximum atomic E-state index is 10.8. The number of carbonyl (C=O) groups is 1. The summed E-state index contributed by atoms with van der Waals surface area (Å²) < 4.78 is 0. The second kappa shape index (κ2) is 4.57. The molecule has 1 aromatic heterocycles. The number of rotatable bonds is 2. The number of aromatic carboxylic acids is 1. The molecule has 0 spiro atoms. The van der Waals surface area contributed by atoms with E-state index in [-0.39, 0.29) is 10.0 Å². The number of nitrogens with zero attached hydrogens (tertiary/aromatic N) is 3. The average Bonchev–Trinajstić information content (AvgIpc) is 2.61. The number of hydrogen-bond acceptors (Lipinski definition) is 5. The molecule has 1 aromatic rings. The van der Waals surface area contributed by atoms with Crippen LogP contribution in [0.25, 0.3) is 0 Å². The van der Waals surface area contributed by atoms with Gasteiger partial charge in [0.1, 0.15) is 0 Å². The van der Waals surface area contributed by atoms with Crippen LogP contribution in [0.2, 0.25) is 5.15 Å². The number of hydrogen-bond donors (Lipinski definition) is 1. The molecule has 5 nitrogen and oxygen atoms in total. The normalized spacial score (nSPS) is 17.8. The average molecular weight is 262 g/mol. The molecule has 2 rings (SSSR count). The van der Waals surface area contributed by atoms with Gasteiger partial charge >= 0.3 is 5.97 Å². The lowest BCUT2D eigenvalue weighted by molar-refractivity contribution is 0.0702. The zero-order valence-electron chi connectivity index (χ0n) is 8.81. The van der Waals surface area contributed by atoms with Crippen molar-refractivity contribution < 1.29 is 9.90 Å². The van der Waals surface area contributed by atoms with E-state index in [0.29, 0.717) is 5.13 Å². The molecule has 0 aromatic carbocycles. The highest BCUT2D eigenvalue weighted by atomic mass is 35.5. The van der Waals surface area contributed by atoms with E-state index in [1.165, 1.54) is 0 Å². The van der Waals surface area contributed by atoms with E-state index < -0.39 is 5.97 Å². The van der Waals surface area contributed by atoms with Crippen LogP contribution in [0.4, 0.5) is 5.13 Å². The van der Waals surface area contributed by atoms with Crippen molar-refractivity contribution in [3.8, 4) is 0 Å². The quantitative estimate of drug-likeness (QED) is 0.868. The van der Waals surface area contributed by atoms with Gasteiger partial charge in [0.2, 0.25) is 0 Å². The fraction of sp³-hybridized carbons (Fsp3) is 0.556. The second-order valence-corrected chi connectivity index (χ2v) is 5.05. The first-order valence-corrected chi connectivity index (χ1v) is 6.10. The molecule has 1 fully saturated rings. The van der Waals surface area contributed by atoms with E-state index in [4.69, 9.17) is 16.7 Å². The largest absolute Gasteiger partial charge is 0.477 e. The Hall–Kier alpha value is -0.850. The lowest BCUT2D eigenvalue weighted by Crippen LogP contribution is -2.44. The van der Waals surface area contributed by atoms with Gasteiger partial charge in [0, 0.05) is 26.2 Å². The molecule has 0 aliphatic carbocycles. The molecule has 0 radical (unpaired) electrons. The fourth-order valence-corrected chi connectivity index (χ4v) is 2.73. The SMILES string of the molecule is CN1CCN(c2nc(Cl)c(C(=O)O)s2)CC1. The number of halogens is 1. The molecular formula is C9H12ClN3O2S. The smallest absolute Gasteiger partial charge is 0.349 e. The lowest BCUT2D eigenvalue weighted by Gasteiger charge is -2.31. The zero-order valence-corrected chi connectivity index (χ0v) is 10.4. The van der Waals surface area contributed by atoms with E-state index in [2.05, 4.69) is 21.8 Å². The van der Waals surface area contributed by atoms with E-state index in [0.717, 1.165) is 37.5 Å². The fourth-order valence-electron chi connectivity index (χ4n) is 1.56. The Balaban J connectivity index is 2.15. The van der Waals surface area contributed by atoms with Gasteiger partial charge in [-0.25, -0.2) is 9.78 Å². The van der Waals surface area contributed by atoms with Crippen LogP contribution >= 0.6 is 22.9 Å². The molecule has 0 unspecified atom stereocenters. The summed E-state index contributed by atoms with van der Waals surface area (Å²) in [6.45, 7) is 3.64. The van der Waals surface area contributed by atoms with Crippen LogP contribution in [0.3, 0.4) is 0 Å². The van der Waals surface area contributed by atoms with Gasteiger partial charge in [-0.1, -0.05) is 22.9 Å². The van der Waals surface area contributed by atoms with Crippen molar-refractivity contribution in [2.45, 2.75) is 0 Å². The first-order valence-electron chi connectivity index (χ1n) is 4.91. The molecule has 1 aliphatic heterocycles. The maximum Gasteiger partial charge on any atom is 0.349 e. The molecule has 88 valence electrons. The summed E-state index contributed by atoms with van der Waals surface area (Å²) in [6, 6.07) is 0. The summed E-state index contributed by atoms with van der Waals surface area (Å²) in [7, 11) is 2.06. The molecule has 7 heteroatoms. The first-order chi connectivity index (χ1) is 7.58. The molecule has 1 saturated heterocycles. The topological polar surface area (TPSA) is 56.7 Å². The predicted molar refractivity (Wildman–Crippen MR) is 63.8 cm³/mol. The Kier molecular flexibility index (Phi) is 3.32. The molecule has 16 heavy (non-hydrogen) atoms. The summed E-state index contributed by atoms with van der Waals surface area (Å²) in [4.78, 5) is 19.3. The third-order valence-electron chi connectivity index (χ3n) is 2.54. The number of carboxylic acid groups (broad SMARTS) is 1. The highest BCUT2D eigenvalue weighted by molar-refractivity contribution is 7.18. The predicted octanol–water partition coefficient (Wildman–Crippen LogP) is 1.25. The maximum absolute atomic E-state index is 10.8. The van der Waals surface area contributed by atoms with Gasteiger partial charge in [-0.05, 0) is 7.05 Å². The molecular weight excluding hydrogens is 250 g/mol. The third-order valence-corrected chi connectivity index (χ3v) is 4.03. The molecule has 1 N–H and O–H groups in total. The van der Waals surface area contributed by atoms with E-state index >= 15 is 0 Å². The van der Waals surface area contributed by atoms with Gasteiger partial charge in [-0.2, -0.15) is 0 Å². The Morgan fingerprint density at radius 1 is 1.44 bits per heavy atom. The van der Waals surface area contributed by atoms with Gasteiger partial charge in [0.25, 0.3) is 0 Å². The monoisotopic (exact) mass is 261 g/mol. The van der Waals surface area contributed by atoms with E-state index in [9.17, 15) is 4.79 Å². The number of thiazole rings is 1. The summed E-state index contributed by atoms with van der Waals surface area (Å²) in [5.74, 6) is -1.01. The minimum atomic E-state index is -1.01. The molecule has 0 bridgehead atoms. The van der Waals surface area contributed by atoms with Crippen molar-refractivity contribution in [3.05, 3.63) is 10.0 Å². The van der Waals surface area contributed by atoms with Gasteiger partial charge in [-0.3, -0.25) is 0 Å². The van der Waals surface area contributed by atoms with Crippen LogP contribution in [0, 0.1) is 0 Å². The zero-order chi connectivity index (χ0) is 11.7. The molecule has 2 heterocycles. The Labute approximate surface area is 102 Å². The Morgan fingerprint density at radius 2 is 2.06 bits per heavy atom. The van der Waals surface area contributed by atoms with Crippen molar-refractivity contribution in [2.75, 3.05) is 38.1 Å². The van der Waals surface area contributed by atoms with Crippen LogP contribution in [0.15, 0.2) is 0 Å². The Morgan fingerprint density at radius 3 is 2.56 bits per heavy atom. The summed E-state index contributed by atoms with van der Waals surface area (Å²) in [5.41, 5.74) is 0. The third kappa shape index (κ3) is 2.28. The molecule has 0 amide bonds. The number of aromatic nitrogens is 1. The highest BCUT2D eigenvalue weighted by Crippen LogP contribution is 2.29. The number of likely N-dealkylation sites (N-methyl/N-ethyl adjacent to an activating group) is 1. The second-order valence-electron chi connectivity index (χ2n) is 3.71. The first kappa shape index (κ1) is 11.6. The highest BCUT2D eigenvalue weighted by Gasteiger charge is 2.21. The summed E-state index contributed by atoms with van der Waals surface area (Å²) >= 11 is 6.91. The van der Waals surface area contributed by atoms with Crippen LogP contribution < -0.4 is 4.90 Å². The van der Waals surface area contributed by atoms with Gasteiger partial charge in [0.05, 0.1) is 0 Å². The van der Waals surface area contributed by atoms with Crippen LogP contribution in [-0.2, 0) is 0 Å². The van der Waals surface area contributed by atoms with Crippen molar-refractivity contribution >= 4 is 34.0 Å². The van der Waals surface area contributed by atoms with Gasteiger partial charge < -0.3 is 14.9 Å². The minimum absolute atomic E-state index is 0.0893. The molecule has 0 saturated carbocycles. The van der Waals surface area contributed by atoms with Gasteiger partial charge in [-0.15, -0.1) is 0 Å². The summed E-state index contributed by atoms with van der Waals surface area (Å²) in [6.07, 6.45) is 0. The van der Waals surface area contributed by atoms with Crippen LogP contribution in [0.5, 0.6) is 0 Å². The summed E-state index contributed by atoms with van der Waals surface area (Å²) in [5, 5.41) is 9.67. The molecule has 0 atom stereocenters. The van der Waals surface area contributed by atoms with Crippen molar-refractivity contribution in [1.82, 2.24) is 9.88 Å². The van der Waals surface area contributed by atoms with Crippen LogP contribution in [-0.4, -0.2) is 54.2 Å². The van der Waals surface area contributed by atoms with E-state index in [1.54, 1.807) is 0 Å². The minimum Gasteiger partial charge on any atom is -0.477 e. The Bertz CT molecular complexity index is 401. The standard InChI is InChI=1S/C9H12ClN3O2S/c1-12-2-4-13(5-3-12)9-11-7(10)6(16-9)8(14)15/h2-5H2,1H3,(H,14,15). The van der Waals surface area contributed by atoms with E-state index in [1.807, 2.05) is 0 Å². The van der Waals surface area contributed by atoms with Crippen molar-refractivity contribution in [1.29, 1.82) is 0 Å². The van der Waals surface area contributed by atoms with Crippen molar-refractivity contribution in [2.24, 2.45) is 0 Å². The lowest BCUT2D eigenvalue weighted by atomic mass is 10.3. The molecule has 1 aliphatic rings. The van der Waals surface area contributed by atoms with Crippen LogP contribution in [0.1, 0.15) is 9.67 Å². The van der Waals surface area contributed by atoms with Gasteiger partial charge in [0.15, 0.2) is 15.2 Å². The van der Waals surface area contributed by atoms with Crippen molar-refractivity contribution in [3.63, 3.8) is 0 Å².